The van der Waals surface area contributed by atoms with Gasteiger partial charge in [0.15, 0.2) is 0 Å². The Morgan fingerprint density at radius 1 is 1.28 bits per heavy atom. The lowest BCUT2D eigenvalue weighted by Gasteiger charge is -2.06. The van der Waals surface area contributed by atoms with Gasteiger partial charge in [-0.25, -0.2) is 14.2 Å². The number of rotatable bonds is 2. The Morgan fingerprint density at radius 2 is 1.94 bits per heavy atom. The van der Waals surface area contributed by atoms with Crippen LogP contribution in [0.4, 0.5) is 0 Å². The minimum atomic E-state index is -1.38. The first-order valence-electron chi connectivity index (χ1n) is 4.85. The Labute approximate surface area is 105 Å². The molecule has 7 heteroatoms. The average molecular weight is 267 g/mol. The predicted molar refractivity (Wildman–Crippen MR) is 64.6 cm³/mol. The van der Waals surface area contributed by atoms with Crippen LogP contribution in [0.2, 0.25) is 5.02 Å². The summed E-state index contributed by atoms with van der Waals surface area (Å²) in [6, 6.07) is 7.09. The number of H-pyrrole nitrogens is 1. The van der Waals surface area contributed by atoms with Crippen LogP contribution in [0.5, 0.6) is 0 Å². The number of halogens is 1. The van der Waals surface area contributed by atoms with Crippen molar-refractivity contribution < 1.29 is 9.90 Å². The van der Waals surface area contributed by atoms with Gasteiger partial charge >= 0.3 is 11.7 Å². The highest BCUT2D eigenvalue weighted by Gasteiger charge is 2.12. The van der Waals surface area contributed by atoms with Crippen LogP contribution in [0.1, 0.15) is 10.5 Å². The van der Waals surface area contributed by atoms with E-state index in [1.54, 1.807) is 12.1 Å². The zero-order valence-electron chi connectivity index (χ0n) is 8.88. The van der Waals surface area contributed by atoms with Gasteiger partial charge in [0, 0.05) is 6.07 Å². The molecule has 0 unspecified atom stereocenters. The highest BCUT2D eigenvalue weighted by molar-refractivity contribution is 6.32. The molecule has 1 aromatic carbocycles. The Balaban J connectivity index is 2.75. The lowest BCUT2D eigenvalue weighted by molar-refractivity contribution is 0.0689. The Bertz CT molecular complexity index is 701. The first-order chi connectivity index (χ1) is 8.50. The van der Waals surface area contributed by atoms with Crippen LogP contribution >= 0.6 is 11.6 Å². The Morgan fingerprint density at radius 3 is 2.50 bits per heavy atom. The standard InChI is InChI=1S/C11H7ClN2O4/c12-6-3-1-2-4-8(6)14-9(15)5-7(10(16)17)13-11(14)18/h1-5H,(H,13,18)(H,16,17). The number of para-hydroxylation sites is 1. The van der Waals surface area contributed by atoms with Crippen molar-refractivity contribution in [3.8, 4) is 5.69 Å². The molecule has 1 heterocycles. The molecule has 0 saturated carbocycles. The molecular formula is C11H7ClN2O4. The number of hydrogen-bond acceptors (Lipinski definition) is 3. The molecule has 2 N–H and O–H groups in total. The summed E-state index contributed by atoms with van der Waals surface area (Å²) < 4.78 is 0.773. The first kappa shape index (κ1) is 12.1. The van der Waals surface area contributed by atoms with Crippen molar-refractivity contribution in [2.45, 2.75) is 0 Å². The minimum Gasteiger partial charge on any atom is -0.477 e. The van der Waals surface area contributed by atoms with Crippen molar-refractivity contribution in [1.29, 1.82) is 0 Å². The normalized spacial score (nSPS) is 10.3. The van der Waals surface area contributed by atoms with Gasteiger partial charge in [-0.15, -0.1) is 0 Å². The van der Waals surface area contributed by atoms with Gasteiger partial charge in [-0.2, -0.15) is 0 Å². The summed E-state index contributed by atoms with van der Waals surface area (Å²) >= 11 is 5.88. The summed E-state index contributed by atoms with van der Waals surface area (Å²) in [6.07, 6.45) is 0. The van der Waals surface area contributed by atoms with E-state index in [-0.39, 0.29) is 10.7 Å². The summed E-state index contributed by atoms with van der Waals surface area (Å²) in [5.41, 5.74) is -1.88. The number of carbonyl (C=O) groups is 1. The van der Waals surface area contributed by atoms with Gasteiger partial charge in [-0.05, 0) is 12.1 Å². The van der Waals surface area contributed by atoms with Crippen LogP contribution in [0.15, 0.2) is 39.9 Å². The first-order valence-corrected chi connectivity index (χ1v) is 5.23. The van der Waals surface area contributed by atoms with E-state index < -0.39 is 22.9 Å². The van der Waals surface area contributed by atoms with Gasteiger partial charge in [0.05, 0.1) is 10.7 Å². The number of aromatic nitrogens is 2. The molecule has 0 aliphatic carbocycles. The fraction of sp³-hybridized carbons (Fsp3) is 0. The number of nitrogens with one attached hydrogen (secondary N) is 1. The summed E-state index contributed by atoms with van der Waals surface area (Å²) in [5.74, 6) is -1.38. The van der Waals surface area contributed by atoms with Crippen molar-refractivity contribution in [3.05, 3.63) is 61.9 Å². The fourth-order valence-corrected chi connectivity index (χ4v) is 1.69. The number of nitrogens with zero attached hydrogens (tertiary/aromatic N) is 1. The van der Waals surface area contributed by atoms with Crippen LogP contribution in [0.3, 0.4) is 0 Å². The van der Waals surface area contributed by atoms with Gasteiger partial charge in [-0.1, -0.05) is 23.7 Å². The number of aromatic amines is 1. The molecule has 0 atom stereocenters. The van der Waals surface area contributed by atoms with E-state index in [1.807, 2.05) is 0 Å². The molecule has 0 radical (unpaired) electrons. The molecule has 0 aliphatic heterocycles. The zero-order chi connectivity index (χ0) is 13.3. The fourth-order valence-electron chi connectivity index (χ4n) is 1.47. The third-order valence-corrected chi connectivity index (χ3v) is 2.58. The van der Waals surface area contributed by atoms with Gasteiger partial charge in [0.25, 0.3) is 5.56 Å². The highest BCUT2D eigenvalue weighted by atomic mass is 35.5. The molecule has 92 valence electrons. The Hall–Kier alpha value is -2.34. The van der Waals surface area contributed by atoms with Crippen molar-refractivity contribution in [3.63, 3.8) is 0 Å². The predicted octanol–water partition coefficient (Wildman–Crippen LogP) is 0.877. The average Bonchev–Trinajstić information content (AvgIpc) is 2.30. The van der Waals surface area contributed by atoms with E-state index in [1.165, 1.54) is 12.1 Å². The molecule has 6 nitrogen and oxygen atoms in total. The molecule has 0 amide bonds. The second-order valence-electron chi connectivity index (χ2n) is 3.42. The molecule has 18 heavy (non-hydrogen) atoms. The highest BCUT2D eigenvalue weighted by Crippen LogP contribution is 2.16. The lowest BCUT2D eigenvalue weighted by atomic mass is 10.3. The number of carboxylic acids is 1. The Kier molecular flexibility index (Phi) is 3.03. The van der Waals surface area contributed by atoms with Crippen LogP contribution < -0.4 is 11.2 Å². The van der Waals surface area contributed by atoms with E-state index in [2.05, 4.69) is 4.98 Å². The van der Waals surface area contributed by atoms with Crippen molar-refractivity contribution in [2.24, 2.45) is 0 Å². The monoisotopic (exact) mass is 266 g/mol. The van der Waals surface area contributed by atoms with Gasteiger partial charge < -0.3 is 10.1 Å². The van der Waals surface area contributed by atoms with E-state index in [0.717, 1.165) is 10.6 Å². The summed E-state index contributed by atoms with van der Waals surface area (Å²) in [6.45, 7) is 0. The van der Waals surface area contributed by atoms with Crippen LogP contribution in [-0.2, 0) is 0 Å². The third kappa shape index (κ3) is 2.05. The SMILES string of the molecule is O=C(O)c1cc(=O)n(-c2ccccc2Cl)c(=O)[nH]1. The molecule has 0 aliphatic rings. The van der Waals surface area contributed by atoms with Gasteiger partial charge in [0.2, 0.25) is 0 Å². The van der Waals surface area contributed by atoms with E-state index in [0.29, 0.717) is 0 Å². The number of hydrogen-bond donors (Lipinski definition) is 2. The maximum absolute atomic E-state index is 11.7. The van der Waals surface area contributed by atoms with E-state index in [9.17, 15) is 14.4 Å². The molecule has 0 fully saturated rings. The topological polar surface area (TPSA) is 92.2 Å². The smallest absolute Gasteiger partial charge is 0.352 e. The molecule has 0 saturated heterocycles. The second kappa shape index (κ2) is 4.50. The lowest BCUT2D eigenvalue weighted by Crippen LogP contribution is -2.35. The van der Waals surface area contributed by atoms with Crippen LogP contribution in [0, 0.1) is 0 Å². The molecule has 0 spiro atoms. The van der Waals surface area contributed by atoms with E-state index in [4.69, 9.17) is 16.7 Å². The second-order valence-corrected chi connectivity index (χ2v) is 3.83. The van der Waals surface area contributed by atoms with Gasteiger partial charge in [-0.3, -0.25) is 4.79 Å². The largest absolute Gasteiger partial charge is 0.477 e. The molecule has 1 aromatic heterocycles. The van der Waals surface area contributed by atoms with Crippen LogP contribution in [-0.4, -0.2) is 20.6 Å². The molecule has 2 rings (SSSR count). The number of benzene rings is 1. The number of aromatic carboxylic acids is 1. The summed E-state index contributed by atoms with van der Waals surface area (Å²) in [5, 5.41) is 8.92. The van der Waals surface area contributed by atoms with Crippen molar-refractivity contribution >= 4 is 17.6 Å². The summed E-state index contributed by atoms with van der Waals surface area (Å²) in [7, 11) is 0. The maximum Gasteiger partial charge on any atom is 0.352 e. The van der Waals surface area contributed by atoms with E-state index >= 15 is 0 Å². The third-order valence-electron chi connectivity index (χ3n) is 2.26. The zero-order valence-corrected chi connectivity index (χ0v) is 9.64. The molecular weight excluding hydrogens is 260 g/mol. The quantitative estimate of drug-likeness (QED) is 0.844. The van der Waals surface area contributed by atoms with Gasteiger partial charge in [0.1, 0.15) is 5.69 Å². The summed E-state index contributed by atoms with van der Waals surface area (Å²) in [4.78, 5) is 36.2. The molecule has 0 bridgehead atoms. The molecule has 2 aromatic rings. The van der Waals surface area contributed by atoms with Crippen molar-refractivity contribution in [1.82, 2.24) is 9.55 Å². The van der Waals surface area contributed by atoms with Crippen LogP contribution in [0.25, 0.3) is 5.69 Å². The minimum absolute atomic E-state index is 0.197. The maximum atomic E-state index is 11.7. The number of carboxylic acid groups (broad SMARTS) is 1. The van der Waals surface area contributed by atoms with Crippen molar-refractivity contribution in [2.75, 3.05) is 0 Å².